The maximum atomic E-state index is 12.8. The Bertz CT molecular complexity index is 1110. The van der Waals surface area contributed by atoms with Gasteiger partial charge in [0, 0.05) is 11.1 Å². The summed E-state index contributed by atoms with van der Waals surface area (Å²) in [5.41, 5.74) is -0.451. The first kappa shape index (κ1) is 18.6. The first-order valence-electron chi connectivity index (χ1n) is 8.11. The fourth-order valence-electron chi connectivity index (χ4n) is 2.66. The second-order valence-corrected chi connectivity index (χ2v) is 7.03. The molecular formula is C18H18N4O4S. The SMILES string of the molecule is COc1ccccc1-n1c(=O)[nH]cc(C(=O)NCc2sc(C)nc2C)c1=O. The number of para-hydroxylation sites is 2. The van der Waals surface area contributed by atoms with E-state index < -0.39 is 17.2 Å². The fraction of sp³-hybridized carbons (Fsp3) is 0.222. The summed E-state index contributed by atoms with van der Waals surface area (Å²) in [6.45, 7) is 4.00. The van der Waals surface area contributed by atoms with Crippen molar-refractivity contribution in [1.29, 1.82) is 0 Å². The molecule has 0 saturated carbocycles. The van der Waals surface area contributed by atoms with Gasteiger partial charge in [-0.1, -0.05) is 12.1 Å². The molecule has 0 saturated heterocycles. The first-order chi connectivity index (χ1) is 12.9. The molecule has 2 aromatic heterocycles. The van der Waals surface area contributed by atoms with Crippen molar-refractivity contribution in [2.45, 2.75) is 20.4 Å². The van der Waals surface area contributed by atoms with Gasteiger partial charge in [0.2, 0.25) is 0 Å². The Hall–Kier alpha value is -3.20. The summed E-state index contributed by atoms with van der Waals surface area (Å²) in [5, 5.41) is 3.60. The lowest BCUT2D eigenvalue weighted by Crippen LogP contribution is -2.39. The van der Waals surface area contributed by atoms with E-state index in [1.165, 1.54) is 18.4 Å². The summed E-state index contributed by atoms with van der Waals surface area (Å²) < 4.78 is 6.10. The predicted molar refractivity (Wildman–Crippen MR) is 102 cm³/mol. The van der Waals surface area contributed by atoms with Crippen molar-refractivity contribution < 1.29 is 9.53 Å². The highest BCUT2D eigenvalue weighted by molar-refractivity contribution is 7.11. The normalized spacial score (nSPS) is 10.6. The molecule has 0 radical (unpaired) electrons. The van der Waals surface area contributed by atoms with E-state index in [2.05, 4.69) is 15.3 Å². The Morgan fingerprint density at radius 1 is 1.30 bits per heavy atom. The van der Waals surface area contributed by atoms with Gasteiger partial charge >= 0.3 is 5.69 Å². The molecule has 0 aliphatic rings. The Balaban J connectivity index is 1.95. The zero-order chi connectivity index (χ0) is 19.6. The number of aryl methyl sites for hydroxylation is 2. The van der Waals surface area contributed by atoms with E-state index in [-0.39, 0.29) is 17.8 Å². The molecule has 2 heterocycles. The molecule has 1 amide bonds. The van der Waals surface area contributed by atoms with Gasteiger partial charge in [-0.25, -0.2) is 14.3 Å². The Morgan fingerprint density at radius 2 is 2.04 bits per heavy atom. The van der Waals surface area contributed by atoms with Crippen LogP contribution in [0.2, 0.25) is 0 Å². The van der Waals surface area contributed by atoms with E-state index in [0.29, 0.717) is 5.75 Å². The molecule has 0 aliphatic carbocycles. The van der Waals surface area contributed by atoms with Gasteiger partial charge in [0.25, 0.3) is 11.5 Å². The van der Waals surface area contributed by atoms with Gasteiger partial charge in [-0.15, -0.1) is 11.3 Å². The lowest BCUT2D eigenvalue weighted by Gasteiger charge is -2.11. The minimum Gasteiger partial charge on any atom is -0.495 e. The van der Waals surface area contributed by atoms with Crippen LogP contribution in [-0.2, 0) is 6.54 Å². The minimum atomic E-state index is -0.724. The number of H-pyrrole nitrogens is 1. The van der Waals surface area contributed by atoms with Crippen molar-refractivity contribution >= 4 is 17.2 Å². The van der Waals surface area contributed by atoms with E-state index in [9.17, 15) is 14.4 Å². The Kier molecular flexibility index (Phi) is 5.22. The van der Waals surface area contributed by atoms with Gasteiger partial charge in [0.05, 0.1) is 30.0 Å². The zero-order valence-corrected chi connectivity index (χ0v) is 15.8. The summed E-state index contributed by atoms with van der Waals surface area (Å²) in [6, 6.07) is 6.59. The van der Waals surface area contributed by atoms with Crippen LogP contribution in [-0.4, -0.2) is 27.6 Å². The van der Waals surface area contributed by atoms with Crippen LogP contribution in [0.4, 0.5) is 0 Å². The molecule has 3 rings (SSSR count). The molecule has 0 aliphatic heterocycles. The maximum absolute atomic E-state index is 12.8. The third-order valence-corrected chi connectivity index (χ3v) is 5.03. The number of nitrogens with one attached hydrogen (secondary N) is 2. The molecule has 3 aromatic rings. The maximum Gasteiger partial charge on any atom is 0.333 e. The highest BCUT2D eigenvalue weighted by Gasteiger charge is 2.18. The van der Waals surface area contributed by atoms with Crippen LogP contribution in [0.1, 0.15) is 25.9 Å². The van der Waals surface area contributed by atoms with E-state index in [1.807, 2.05) is 13.8 Å². The van der Waals surface area contributed by atoms with Gasteiger partial charge < -0.3 is 15.0 Å². The van der Waals surface area contributed by atoms with Gasteiger partial charge in [-0.3, -0.25) is 9.59 Å². The quantitative estimate of drug-likeness (QED) is 0.692. The third-order valence-electron chi connectivity index (χ3n) is 3.96. The van der Waals surface area contributed by atoms with Gasteiger partial charge in [-0.05, 0) is 26.0 Å². The highest BCUT2D eigenvalue weighted by Crippen LogP contribution is 2.19. The largest absolute Gasteiger partial charge is 0.495 e. The number of carbonyl (C=O) groups is 1. The Morgan fingerprint density at radius 3 is 2.70 bits per heavy atom. The summed E-state index contributed by atoms with van der Waals surface area (Å²) in [4.78, 5) is 45.2. The number of benzene rings is 1. The lowest BCUT2D eigenvalue weighted by atomic mass is 10.2. The summed E-state index contributed by atoms with van der Waals surface area (Å²) in [7, 11) is 1.44. The van der Waals surface area contributed by atoms with Crippen LogP contribution < -0.4 is 21.3 Å². The summed E-state index contributed by atoms with van der Waals surface area (Å²) in [5.74, 6) is -0.233. The molecule has 0 bridgehead atoms. The molecule has 2 N–H and O–H groups in total. The van der Waals surface area contributed by atoms with Crippen LogP contribution in [0.3, 0.4) is 0 Å². The highest BCUT2D eigenvalue weighted by atomic mass is 32.1. The fourth-order valence-corrected chi connectivity index (χ4v) is 3.54. The average Bonchev–Trinajstić information content (AvgIpc) is 2.97. The van der Waals surface area contributed by atoms with Crippen LogP contribution in [0.5, 0.6) is 5.75 Å². The molecule has 140 valence electrons. The molecule has 27 heavy (non-hydrogen) atoms. The molecular weight excluding hydrogens is 368 g/mol. The lowest BCUT2D eigenvalue weighted by molar-refractivity contribution is 0.0949. The summed E-state index contributed by atoms with van der Waals surface area (Å²) >= 11 is 1.48. The van der Waals surface area contributed by atoms with Crippen LogP contribution in [0, 0.1) is 13.8 Å². The topological polar surface area (TPSA) is 106 Å². The standard InChI is InChI=1S/C18H18N4O4S/c1-10-15(27-11(2)21-10)9-19-16(23)12-8-20-18(25)22(17(12)24)13-6-4-5-7-14(13)26-3/h4-8H,9H2,1-3H3,(H,19,23)(H,20,25). The number of carbonyl (C=O) groups excluding carboxylic acids is 1. The van der Waals surface area contributed by atoms with Gasteiger partial charge in [0.1, 0.15) is 11.3 Å². The van der Waals surface area contributed by atoms with Crippen molar-refractivity contribution in [3.8, 4) is 11.4 Å². The molecule has 9 heteroatoms. The Labute approximate surface area is 158 Å². The minimum absolute atomic E-state index is 0.167. The number of thiazole rings is 1. The molecule has 8 nitrogen and oxygen atoms in total. The number of hydrogen-bond donors (Lipinski definition) is 2. The van der Waals surface area contributed by atoms with E-state index in [4.69, 9.17) is 4.74 Å². The van der Waals surface area contributed by atoms with E-state index in [0.717, 1.165) is 26.3 Å². The van der Waals surface area contributed by atoms with E-state index >= 15 is 0 Å². The van der Waals surface area contributed by atoms with Crippen molar-refractivity contribution in [2.75, 3.05) is 7.11 Å². The van der Waals surface area contributed by atoms with Crippen LogP contribution in [0.15, 0.2) is 40.1 Å². The second kappa shape index (κ2) is 7.58. The number of aromatic amines is 1. The number of rotatable bonds is 5. The van der Waals surface area contributed by atoms with Crippen molar-refractivity contribution in [3.63, 3.8) is 0 Å². The molecule has 1 aromatic carbocycles. The first-order valence-corrected chi connectivity index (χ1v) is 8.93. The molecule has 0 spiro atoms. The second-order valence-electron chi connectivity index (χ2n) is 5.74. The zero-order valence-electron chi connectivity index (χ0n) is 15.0. The summed E-state index contributed by atoms with van der Waals surface area (Å²) in [6.07, 6.45) is 1.12. The van der Waals surface area contributed by atoms with E-state index in [1.54, 1.807) is 24.3 Å². The number of ether oxygens (including phenoxy) is 1. The van der Waals surface area contributed by atoms with Crippen LogP contribution in [0.25, 0.3) is 5.69 Å². The van der Waals surface area contributed by atoms with Crippen molar-refractivity contribution in [1.82, 2.24) is 19.9 Å². The number of hydrogen-bond acceptors (Lipinski definition) is 6. The van der Waals surface area contributed by atoms with Gasteiger partial charge in [0.15, 0.2) is 0 Å². The number of methoxy groups -OCH3 is 1. The van der Waals surface area contributed by atoms with Crippen molar-refractivity contribution in [3.05, 3.63) is 72.4 Å². The van der Waals surface area contributed by atoms with Crippen LogP contribution >= 0.6 is 11.3 Å². The molecule has 0 atom stereocenters. The number of aromatic nitrogens is 3. The monoisotopic (exact) mass is 386 g/mol. The smallest absolute Gasteiger partial charge is 0.333 e. The van der Waals surface area contributed by atoms with Crippen molar-refractivity contribution in [2.24, 2.45) is 0 Å². The average molecular weight is 386 g/mol. The molecule has 0 unspecified atom stereocenters. The number of nitrogens with zero attached hydrogens (tertiary/aromatic N) is 2. The van der Waals surface area contributed by atoms with Gasteiger partial charge in [-0.2, -0.15) is 0 Å². The predicted octanol–water partition coefficient (Wildman–Crippen LogP) is 1.54. The third kappa shape index (κ3) is 3.68. The number of amides is 1. The molecule has 0 fully saturated rings.